The Balaban J connectivity index is 2.24. The van der Waals surface area contributed by atoms with Gasteiger partial charge in [0, 0.05) is 23.0 Å². The fourth-order valence-corrected chi connectivity index (χ4v) is 1.63. The van der Waals surface area contributed by atoms with E-state index in [-0.39, 0.29) is 10.6 Å². The summed E-state index contributed by atoms with van der Waals surface area (Å²) in [6.45, 7) is 1.73. The number of anilines is 2. The van der Waals surface area contributed by atoms with Crippen molar-refractivity contribution in [3.63, 3.8) is 0 Å². The second-order valence-electron chi connectivity index (χ2n) is 3.75. The zero-order chi connectivity index (χ0) is 12.3. The number of rotatable bonds is 3. The summed E-state index contributed by atoms with van der Waals surface area (Å²) in [5.41, 5.74) is 2.60. The molecule has 0 saturated heterocycles. The molecular formula is C13H12N2O2. The second-order valence-corrected chi connectivity index (χ2v) is 3.75. The summed E-state index contributed by atoms with van der Waals surface area (Å²) in [7, 11) is 0. The van der Waals surface area contributed by atoms with Crippen LogP contribution in [-0.4, -0.2) is 4.92 Å². The number of aryl methyl sites for hydroxylation is 1. The SMILES string of the molecule is Cc1cc(Nc2ccccc2)ccc1[N+](=O)[O-]. The lowest BCUT2D eigenvalue weighted by molar-refractivity contribution is -0.385. The standard InChI is InChI=1S/C13H12N2O2/c1-10-9-12(7-8-13(10)15(16)17)14-11-5-3-2-4-6-11/h2-9,14H,1H3. The van der Waals surface area contributed by atoms with E-state index in [4.69, 9.17) is 0 Å². The molecule has 0 bridgehead atoms. The quantitative estimate of drug-likeness (QED) is 0.644. The second kappa shape index (κ2) is 4.65. The molecule has 0 aliphatic rings. The van der Waals surface area contributed by atoms with Crippen molar-refractivity contribution in [2.75, 3.05) is 5.32 Å². The zero-order valence-corrected chi connectivity index (χ0v) is 9.38. The van der Waals surface area contributed by atoms with Crippen LogP contribution in [-0.2, 0) is 0 Å². The third kappa shape index (κ3) is 2.60. The predicted molar refractivity (Wildman–Crippen MR) is 67.6 cm³/mol. The number of nitro groups is 1. The van der Waals surface area contributed by atoms with Crippen LogP contribution in [0.4, 0.5) is 17.1 Å². The van der Waals surface area contributed by atoms with Crippen molar-refractivity contribution in [3.05, 3.63) is 64.2 Å². The van der Waals surface area contributed by atoms with Crippen LogP contribution in [0.3, 0.4) is 0 Å². The monoisotopic (exact) mass is 228 g/mol. The highest BCUT2D eigenvalue weighted by molar-refractivity contribution is 5.62. The first-order valence-electron chi connectivity index (χ1n) is 5.24. The minimum Gasteiger partial charge on any atom is -0.356 e. The van der Waals surface area contributed by atoms with E-state index in [0.29, 0.717) is 5.56 Å². The van der Waals surface area contributed by atoms with Gasteiger partial charge in [0.15, 0.2) is 0 Å². The van der Waals surface area contributed by atoms with Crippen LogP contribution in [0.2, 0.25) is 0 Å². The van der Waals surface area contributed by atoms with E-state index >= 15 is 0 Å². The van der Waals surface area contributed by atoms with Gasteiger partial charge in [0.25, 0.3) is 5.69 Å². The number of para-hydroxylation sites is 1. The summed E-state index contributed by atoms with van der Waals surface area (Å²) in [6, 6.07) is 14.7. The van der Waals surface area contributed by atoms with Crippen molar-refractivity contribution in [1.29, 1.82) is 0 Å². The minimum absolute atomic E-state index is 0.142. The molecule has 0 fully saturated rings. The fourth-order valence-electron chi connectivity index (χ4n) is 1.63. The fraction of sp³-hybridized carbons (Fsp3) is 0.0769. The van der Waals surface area contributed by atoms with E-state index in [0.717, 1.165) is 11.4 Å². The van der Waals surface area contributed by atoms with Gasteiger partial charge in [-0.2, -0.15) is 0 Å². The van der Waals surface area contributed by atoms with Gasteiger partial charge in [-0.15, -0.1) is 0 Å². The van der Waals surface area contributed by atoms with Crippen molar-refractivity contribution in [1.82, 2.24) is 0 Å². The van der Waals surface area contributed by atoms with Gasteiger partial charge < -0.3 is 5.32 Å². The number of benzene rings is 2. The van der Waals surface area contributed by atoms with Crippen molar-refractivity contribution in [2.45, 2.75) is 6.92 Å². The Labute approximate surface area is 99.1 Å². The molecule has 2 rings (SSSR count). The molecule has 0 aliphatic carbocycles. The molecule has 0 atom stereocenters. The minimum atomic E-state index is -0.373. The van der Waals surface area contributed by atoms with E-state index in [1.807, 2.05) is 30.3 Å². The van der Waals surface area contributed by atoms with Gasteiger partial charge in [-0.05, 0) is 31.2 Å². The molecule has 2 aromatic carbocycles. The van der Waals surface area contributed by atoms with Gasteiger partial charge in [-0.3, -0.25) is 10.1 Å². The van der Waals surface area contributed by atoms with Crippen LogP contribution < -0.4 is 5.32 Å². The molecule has 0 amide bonds. The van der Waals surface area contributed by atoms with Crippen molar-refractivity contribution in [2.24, 2.45) is 0 Å². The average molecular weight is 228 g/mol. The van der Waals surface area contributed by atoms with Gasteiger partial charge in [0.05, 0.1) is 4.92 Å². The molecule has 2 aromatic rings. The van der Waals surface area contributed by atoms with Gasteiger partial charge in [0.2, 0.25) is 0 Å². The summed E-state index contributed by atoms with van der Waals surface area (Å²) >= 11 is 0. The van der Waals surface area contributed by atoms with Gasteiger partial charge in [0.1, 0.15) is 0 Å². The Bertz CT molecular complexity index is 538. The summed E-state index contributed by atoms with van der Waals surface area (Å²) in [6.07, 6.45) is 0. The molecule has 0 heterocycles. The molecule has 4 nitrogen and oxygen atoms in total. The summed E-state index contributed by atoms with van der Waals surface area (Å²) in [5.74, 6) is 0. The van der Waals surface area contributed by atoms with E-state index in [9.17, 15) is 10.1 Å². The number of hydrogen-bond acceptors (Lipinski definition) is 3. The van der Waals surface area contributed by atoms with Gasteiger partial charge in [-0.25, -0.2) is 0 Å². The van der Waals surface area contributed by atoms with Crippen LogP contribution in [0.1, 0.15) is 5.56 Å². The Morgan fingerprint density at radius 1 is 1.06 bits per heavy atom. The Hall–Kier alpha value is -2.36. The topological polar surface area (TPSA) is 55.2 Å². The van der Waals surface area contributed by atoms with Crippen LogP contribution in [0.25, 0.3) is 0 Å². The molecule has 86 valence electrons. The molecule has 1 N–H and O–H groups in total. The van der Waals surface area contributed by atoms with E-state index in [2.05, 4.69) is 5.32 Å². The smallest absolute Gasteiger partial charge is 0.272 e. The lowest BCUT2D eigenvalue weighted by Gasteiger charge is -2.07. The molecule has 17 heavy (non-hydrogen) atoms. The van der Waals surface area contributed by atoms with Crippen LogP contribution in [0.5, 0.6) is 0 Å². The highest BCUT2D eigenvalue weighted by Gasteiger charge is 2.09. The number of hydrogen-bond donors (Lipinski definition) is 1. The Morgan fingerprint density at radius 3 is 2.35 bits per heavy atom. The predicted octanol–water partition coefficient (Wildman–Crippen LogP) is 3.65. The number of nitro benzene ring substituents is 1. The molecule has 0 aliphatic heterocycles. The Morgan fingerprint density at radius 2 is 1.76 bits per heavy atom. The molecular weight excluding hydrogens is 216 g/mol. The third-order valence-electron chi connectivity index (χ3n) is 2.46. The largest absolute Gasteiger partial charge is 0.356 e. The first-order valence-corrected chi connectivity index (χ1v) is 5.24. The zero-order valence-electron chi connectivity index (χ0n) is 9.38. The summed E-state index contributed by atoms with van der Waals surface area (Å²) < 4.78 is 0. The molecule has 0 aromatic heterocycles. The normalized spacial score (nSPS) is 9.94. The maximum absolute atomic E-state index is 10.7. The van der Waals surface area contributed by atoms with Gasteiger partial charge >= 0.3 is 0 Å². The highest BCUT2D eigenvalue weighted by atomic mass is 16.6. The highest BCUT2D eigenvalue weighted by Crippen LogP contribution is 2.23. The maximum atomic E-state index is 10.7. The van der Waals surface area contributed by atoms with Crippen molar-refractivity contribution in [3.8, 4) is 0 Å². The summed E-state index contributed by atoms with van der Waals surface area (Å²) in [4.78, 5) is 10.3. The van der Waals surface area contributed by atoms with Crippen LogP contribution in [0.15, 0.2) is 48.5 Å². The molecule has 0 unspecified atom stereocenters. The average Bonchev–Trinajstić information content (AvgIpc) is 2.30. The molecule has 0 saturated carbocycles. The van der Waals surface area contributed by atoms with Crippen LogP contribution in [0, 0.1) is 17.0 Å². The lowest BCUT2D eigenvalue weighted by Crippen LogP contribution is -1.94. The molecule has 0 radical (unpaired) electrons. The van der Waals surface area contributed by atoms with Crippen molar-refractivity contribution < 1.29 is 4.92 Å². The number of nitrogens with zero attached hydrogens (tertiary/aromatic N) is 1. The third-order valence-corrected chi connectivity index (χ3v) is 2.46. The maximum Gasteiger partial charge on any atom is 0.272 e. The Kier molecular flexibility index (Phi) is 3.05. The van der Waals surface area contributed by atoms with Gasteiger partial charge in [-0.1, -0.05) is 18.2 Å². The molecule has 4 heteroatoms. The van der Waals surface area contributed by atoms with E-state index in [1.54, 1.807) is 19.1 Å². The molecule has 0 spiro atoms. The van der Waals surface area contributed by atoms with Crippen molar-refractivity contribution >= 4 is 17.1 Å². The number of nitrogens with one attached hydrogen (secondary N) is 1. The lowest BCUT2D eigenvalue weighted by atomic mass is 10.2. The summed E-state index contributed by atoms with van der Waals surface area (Å²) in [5, 5.41) is 13.9. The van der Waals surface area contributed by atoms with Crippen LogP contribution >= 0.6 is 0 Å². The van der Waals surface area contributed by atoms with E-state index in [1.165, 1.54) is 6.07 Å². The first-order chi connectivity index (χ1) is 8.16. The first kappa shape index (κ1) is 11.1. The van der Waals surface area contributed by atoms with E-state index < -0.39 is 0 Å².